The molecule has 1 atom stereocenters. The Morgan fingerprint density at radius 1 is 1.16 bits per heavy atom. The molecule has 1 aromatic heterocycles. The summed E-state index contributed by atoms with van der Waals surface area (Å²) >= 11 is 0. The minimum Gasteiger partial charge on any atom is -0.492 e. The van der Waals surface area contributed by atoms with E-state index in [9.17, 15) is 0 Å². The first-order valence-corrected chi connectivity index (χ1v) is 6.61. The van der Waals surface area contributed by atoms with E-state index in [4.69, 9.17) is 10.5 Å². The van der Waals surface area contributed by atoms with Gasteiger partial charge >= 0.3 is 0 Å². The highest BCUT2D eigenvalue weighted by Gasteiger charge is 2.00. The maximum atomic E-state index is 5.74. The van der Waals surface area contributed by atoms with Crippen molar-refractivity contribution in [1.82, 2.24) is 4.98 Å². The molecule has 2 aromatic rings. The van der Waals surface area contributed by atoms with Gasteiger partial charge in [-0.25, -0.2) is 0 Å². The average molecular weight is 256 g/mol. The van der Waals surface area contributed by atoms with Crippen LogP contribution in [0.3, 0.4) is 0 Å². The summed E-state index contributed by atoms with van der Waals surface area (Å²) in [6.45, 7) is 2.64. The monoisotopic (exact) mass is 256 g/mol. The molecular formula is C16H20N2O. The highest BCUT2D eigenvalue weighted by molar-refractivity contribution is 5.21. The van der Waals surface area contributed by atoms with Crippen LogP contribution in [0.5, 0.6) is 5.75 Å². The van der Waals surface area contributed by atoms with Crippen LogP contribution in [0.1, 0.15) is 18.2 Å². The molecule has 19 heavy (non-hydrogen) atoms. The molecule has 0 aliphatic carbocycles. The van der Waals surface area contributed by atoms with E-state index in [1.165, 1.54) is 5.56 Å². The Morgan fingerprint density at radius 2 is 1.95 bits per heavy atom. The van der Waals surface area contributed by atoms with Crippen molar-refractivity contribution in [3.05, 3.63) is 59.9 Å². The van der Waals surface area contributed by atoms with Crippen molar-refractivity contribution in [2.45, 2.75) is 25.8 Å². The van der Waals surface area contributed by atoms with Gasteiger partial charge in [0.1, 0.15) is 5.75 Å². The fourth-order valence-electron chi connectivity index (χ4n) is 1.88. The number of nitrogens with zero attached hydrogens (tertiary/aromatic N) is 1. The molecule has 0 amide bonds. The van der Waals surface area contributed by atoms with Gasteiger partial charge in [-0.2, -0.15) is 0 Å². The van der Waals surface area contributed by atoms with E-state index in [-0.39, 0.29) is 6.04 Å². The zero-order chi connectivity index (χ0) is 13.5. The number of hydrogen-bond acceptors (Lipinski definition) is 3. The summed E-state index contributed by atoms with van der Waals surface area (Å²) in [7, 11) is 0. The molecule has 0 spiro atoms. The Balaban J connectivity index is 1.80. The van der Waals surface area contributed by atoms with E-state index in [1.54, 1.807) is 6.20 Å². The maximum Gasteiger partial charge on any atom is 0.137 e. The van der Waals surface area contributed by atoms with E-state index in [0.717, 1.165) is 24.3 Å². The quantitative estimate of drug-likeness (QED) is 0.864. The summed E-state index contributed by atoms with van der Waals surface area (Å²) in [5.41, 5.74) is 8.02. The Labute approximate surface area is 114 Å². The molecule has 100 valence electrons. The lowest BCUT2D eigenvalue weighted by molar-refractivity contribution is 0.320. The lowest BCUT2D eigenvalue weighted by Crippen LogP contribution is -2.18. The molecule has 3 nitrogen and oxygen atoms in total. The molecule has 1 aromatic carbocycles. The number of pyridine rings is 1. The molecule has 0 aliphatic heterocycles. The smallest absolute Gasteiger partial charge is 0.137 e. The molecule has 1 unspecified atom stereocenters. The predicted molar refractivity (Wildman–Crippen MR) is 77.2 cm³/mol. The molecule has 0 fully saturated rings. The van der Waals surface area contributed by atoms with Gasteiger partial charge in [-0.15, -0.1) is 0 Å². The SMILES string of the molecule is CC(N)Cc1ccc(OCCc2ccccc2)cn1. The van der Waals surface area contributed by atoms with Crippen molar-refractivity contribution in [1.29, 1.82) is 0 Å². The van der Waals surface area contributed by atoms with Gasteiger partial charge in [-0.1, -0.05) is 30.3 Å². The van der Waals surface area contributed by atoms with E-state index in [1.807, 2.05) is 37.3 Å². The molecular weight excluding hydrogens is 236 g/mol. The maximum absolute atomic E-state index is 5.74. The number of ether oxygens (including phenoxy) is 1. The Morgan fingerprint density at radius 3 is 2.58 bits per heavy atom. The summed E-state index contributed by atoms with van der Waals surface area (Å²) < 4.78 is 5.68. The number of hydrogen-bond donors (Lipinski definition) is 1. The summed E-state index contributed by atoms with van der Waals surface area (Å²) in [4.78, 5) is 4.34. The highest BCUT2D eigenvalue weighted by Crippen LogP contribution is 2.11. The first-order valence-electron chi connectivity index (χ1n) is 6.61. The summed E-state index contributed by atoms with van der Waals surface area (Å²) in [5, 5.41) is 0. The van der Waals surface area contributed by atoms with Gasteiger partial charge in [-0.05, 0) is 24.6 Å². The van der Waals surface area contributed by atoms with Crippen LogP contribution in [0.4, 0.5) is 0 Å². The van der Waals surface area contributed by atoms with Crippen molar-refractivity contribution >= 4 is 0 Å². The van der Waals surface area contributed by atoms with Gasteiger partial charge < -0.3 is 10.5 Å². The Bertz CT molecular complexity index is 480. The molecule has 2 rings (SSSR count). The van der Waals surface area contributed by atoms with Crippen LogP contribution in [0.15, 0.2) is 48.7 Å². The summed E-state index contributed by atoms with van der Waals surface area (Å²) in [5.74, 6) is 0.810. The van der Waals surface area contributed by atoms with Gasteiger partial charge in [0.25, 0.3) is 0 Å². The van der Waals surface area contributed by atoms with Crippen LogP contribution in [0, 0.1) is 0 Å². The topological polar surface area (TPSA) is 48.1 Å². The first-order chi connectivity index (χ1) is 9.24. The summed E-state index contributed by atoms with van der Waals surface area (Å²) in [6, 6.07) is 14.4. The fourth-order valence-corrected chi connectivity index (χ4v) is 1.88. The van der Waals surface area contributed by atoms with Crippen LogP contribution >= 0.6 is 0 Å². The normalized spacial score (nSPS) is 12.1. The van der Waals surface area contributed by atoms with E-state index in [2.05, 4.69) is 17.1 Å². The molecule has 0 radical (unpaired) electrons. The minimum absolute atomic E-state index is 0.136. The number of benzene rings is 1. The molecule has 0 bridgehead atoms. The lowest BCUT2D eigenvalue weighted by Gasteiger charge is -2.08. The molecule has 0 saturated heterocycles. The highest BCUT2D eigenvalue weighted by atomic mass is 16.5. The Hall–Kier alpha value is -1.87. The third-order valence-electron chi connectivity index (χ3n) is 2.83. The van der Waals surface area contributed by atoms with Crippen LogP contribution < -0.4 is 10.5 Å². The van der Waals surface area contributed by atoms with Gasteiger partial charge in [0.15, 0.2) is 0 Å². The largest absolute Gasteiger partial charge is 0.492 e. The second-order valence-electron chi connectivity index (χ2n) is 4.75. The zero-order valence-electron chi connectivity index (χ0n) is 11.3. The average Bonchev–Trinajstić information content (AvgIpc) is 2.41. The first kappa shape index (κ1) is 13.6. The number of rotatable bonds is 6. The van der Waals surface area contributed by atoms with Crippen LogP contribution in [-0.4, -0.2) is 17.6 Å². The third-order valence-corrected chi connectivity index (χ3v) is 2.83. The minimum atomic E-state index is 0.136. The lowest BCUT2D eigenvalue weighted by atomic mass is 10.2. The second-order valence-corrected chi connectivity index (χ2v) is 4.75. The van der Waals surface area contributed by atoms with Gasteiger partial charge in [-0.3, -0.25) is 4.98 Å². The van der Waals surface area contributed by atoms with Crippen LogP contribution in [-0.2, 0) is 12.8 Å². The molecule has 3 heteroatoms. The van der Waals surface area contributed by atoms with Crippen molar-refractivity contribution in [2.24, 2.45) is 5.73 Å². The van der Waals surface area contributed by atoms with E-state index < -0.39 is 0 Å². The zero-order valence-corrected chi connectivity index (χ0v) is 11.3. The Kier molecular flexibility index (Phi) is 4.93. The molecule has 1 heterocycles. The molecule has 0 aliphatic rings. The van der Waals surface area contributed by atoms with Crippen LogP contribution in [0.2, 0.25) is 0 Å². The van der Waals surface area contributed by atoms with E-state index >= 15 is 0 Å². The number of nitrogens with two attached hydrogens (primary N) is 1. The number of aromatic nitrogens is 1. The molecule has 0 saturated carbocycles. The third kappa shape index (κ3) is 4.72. The van der Waals surface area contributed by atoms with E-state index in [0.29, 0.717) is 6.61 Å². The van der Waals surface area contributed by atoms with Crippen LogP contribution in [0.25, 0.3) is 0 Å². The fraction of sp³-hybridized carbons (Fsp3) is 0.312. The predicted octanol–water partition coefficient (Wildman–Crippen LogP) is 2.59. The second kappa shape index (κ2) is 6.90. The van der Waals surface area contributed by atoms with Crippen molar-refractivity contribution in [3.8, 4) is 5.75 Å². The summed E-state index contributed by atoms with van der Waals surface area (Å²) in [6.07, 6.45) is 3.47. The van der Waals surface area contributed by atoms with Gasteiger partial charge in [0.2, 0.25) is 0 Å². The van der Waals surface area contributed by atoms with Gasteiger partial charge in [0.05, 0.1) is 12.8 Å². The van der Waals surface area contributed by atoms with Gasteiger partial charge in [0, 0.05) is 24.6 Å². The van der Waals surface area contributed by atoms with Crippen molar-refractivity contribution in [3.63, 3.8) is 0 Å². The standard InChI is InChI=1S/C16H20N2O/c1-13(17)11-15-7-8-16(12-18-15)19-10-9-14-5-3-2-4-6-14/h2-8,12-13H,9-11,17H2,1H3. The van der Waals surface area contributed by atoms with Crippen molar-refractivity contribution < 1.29 is 4.74 Å². The van der Waals surface area contributed by atoms with Crippen molar-refractivity contribution in [2.75, 3.05) is 6.61 Å². The molecule has 2 N–H and O–H groups in total.